The van der Waals surface area contributed by atoms with Gasteiger partial charge in [-0.2, -0.15) is 0 Å². The highest BCUT2D eigenvalue weighted by Crippen LogP contribution is 2.21. The van der Waals surface area contributed by atoms with Gasteiger partial charge in [0.15, 0.2) is 0 Å². The molecule has 5 nitrogen and oxygen atoms in total. The molecule has 6 heteroatoms. The minimum atomic E-state index is -0.164. The van der Waals surface area contributed by atoms with Crippen LogP contribution in [0.4, 0.5) is 0 Å². The van der Waals surface area contributed by atoms with Crippen LogP contribution in [0.25, 0.3) is 0 Å². The molecule has 2 aromatic carbocycles. The fourth-order valence-corrected chi connectivity index (χ4v) is 2.40. The third-order valence-corrected chi connectivity index (χ3v) is 3.91. The lowest BCUT2D eigenvalue weighted by molar-refractivity contribution is 0.0949. The summed E-state index contributed by atoms with van der Waals surface area (Å²) in [6.07, 6.45) is 0. The number of nitrogens with one attached hydrogen (secondary N) is 2. The Bertz CT molecular complexity index is 679. The summed E-state index contributed by atoms with van der Waals surface area (Å²) in [5.41, 5.74) is 1.38. The molecule has 0 aliphatic carbocycles. The number of carbonyl (C=O) groups excluding carboxylic acids is 1. The van der Waals surface area contributed by atoms with Crippen molar-refractivity contribution in [1.29, 1.82) is 0 Å². The number of amides is 1. The maximum Gasteiger partial charge on any atom is 0.255 e. The lowest BCUT2D eigenvalue weighted by atomic mass is 10.2. The number of ether oxygens (including phenoxy) is 2. The second kappa shape index (κ2) is 10.7. The Kier molecular flexibility index (Phi) is 8.25. The lowest BCUT2D eigenvalue weighted by Gasteiger charge is -2.12. The quantitative estimate of drug-likeness (QED) is 0.638. The van der Waals surface area contributed by atoms with Crippen molar-refractivity contribution >= 4 is 17.5 Å². The molecular formula is C19H23ClN2O3. The van der Waals surface area contributed by atoms with Crippen molar-refractivity contribution < 1.29 is 14.3 Å². The molecule has 134 valence electrons. The minimum Gasteiger partial charge on any atom is -0.488 e. The second-order valence-electron chi connectivity index (χ2n) is 5.37. The SMILES string of the molecule is COCCNCCNC(=O)c1ccccc1OCc1ccccc1Cl. The van der Waals surface area contributed by atoms with Crippen LogP contribution in [0.1, 0.15) is 15.9 Å². The molecule has 2 N–H and O–H groups in total. The van der Waals surface area contributed by atoms with Crippen LogP contribution in [0.3, 0.4) is 0 Å². The lowest BCUT2D eigenvalue weighted by Crippen LogP contribution is -2.33. The normalized spacial score (nSPS) is 10.5. The molecule has 2 rings (SSSR count). The van der Waals surface area contributed by atoms with Crippen LogP contribution in [0.2, 0.25) is 5.02 Å². The van der Waals surface area contributed by atoms with Gasteiger partial charge < -0.3 is 20.1 Å². The minimum absolute atomic E-state index is 0.164. The van der Waals surface area contributed by atoms with Crippen LogP contribution in [-0.2, 0) is 11.3 Å². The van der Waals surface area contributed by atoms with Crippen molar-refractivity contribution in [3.05, 3.63) is 64.7 Å². The van der Waals surface area contributed by atoms with Crippen molar-refractivity contribution in [3.8, 4) is 5.75 Å². The average Bonchev–Trinajstić information content (AvgIpc) is 2.64. The first-order chi connectivity index (χ1) is 12.2. The molecular weight excluding hydrogens is 340 g/mol. The van der Waals surface area contributed by atoms with Gasteiger partial charge in [0.2, 0.25) is 0 Å². The van der Waals surface area contributed by atoms with E-state index in [1.807, 2.05) is 36.4 Å². The zero-order valence-corrected chi connectivity index (χ0v) is 15.0. The molecule has 0 aliphatic rings. The van der Waals surface area contributed by atoms with E-state index < -0.39 is 0 Å². The van der Waals surface area contributed by atoms with Crippen LogP contribution in [0.15, 0.2) is 48.5 Å². The molecule has 0 unspecified atom stereocenters. The topological polar surface area (TPSA) is 59.6 Å². The Hall–Kier alpha value is -2.08. The Morgan fingerprint density at radius 2 is 1.80 bits per heavy atom. The maximum absolute atomic E-state index is 12.4. The molecule has 1 amide bonds. The maximum atomic E-state index is 12.4. The van der Waals surface area contributed by atoms with E-state index in [9.17, 15) is 4.79 Å². The van der Waals surface area contributed by atoms with Crippen molar-refractivity contribution in [2.24, 2.45) is 0 Å². The van der Waals surface area contributed by atoms with Gasteiger partial charge in [-0.15, -0.1) is 0 Å². The van der Waals surface area contributed by atoms with Gasteiger partial charge in [-0.25, -0.2) is 0 Å². The summed E-state index contributed by atoms with van der Waals surface area (Å²) < 4.78 is 10.8. The molecule has 0 bridgehead atoms. The molecule has 0 aromatic heterocycles. The van der Waals surface area contributed by atoms with Gasteiger partial charge in [-0.1, -0.05) is 41.9 Å². The van der Waals surface area contributed by atoms with Crippen LogP contribution in [-0.4, -0.2) is 39.3 Å². The van der Waals surface area contributed by atoms with Crippen molar-refractivity contribution in [2.75, 3.05) is 33.4 Å². The summed E-state index contributed by atoms with van der Waals surface area (Å²) in [4.78, 5) is 12.4. The fraction of sp³-hybridized carbons (Fsp3) is 0.316. The molecule has 0 atom stereocenters. The van der Waals surface area contributed by atoms with E-state index >= 15 is 0 Å². The number of benzene rings is 2. The number of hydrogen-bond donors (Lipinski definition) is 2. The van der Waals surface area contributed by atoms with E-state index in [0.717, 1.165) is 12.1 Å². The summed E-state index contributed by atoms with van der Waals surface area (Å²) in [7, 11) is 1.66. The molecule has 0 heterocycles. The molecule has 0 aliphatic heterocycles. The standard InChI is InChI=1S/C19H23ClN2O3/c1-24-13-12-21-10-11-22-19(23)16-7-3-5-9-18(16)25-14-15-6-2-4-8-17(15)20/h2-9,21H,10-14H2,1H3,(H,22,23). The number of rotatable bonds is 10. The predicted molar refractivity (Wildman–Crippen MR) is 99.3 cm³/mol. The van der Waals surface area contributed by atoms with Crippen molar-refractivity contribution in [2.45, 2.75) is 6.61 Å². The Morgan fingerprint density at radius 3 is 2.60 bits per heavy atom. The summed E-state index contributed by atoms with van der Waals surface area (Å²) in [6.45, 7) is 2.91. The molecule has 0 spiro atoms. The first-order valence-electron chi connectivity index (χ1n) is 8.15. The zero-order valence-electron chi connectivity index (χ0n) is 14.3. The molecule has 25 heavy (non-hydrogen) atoms. The van der Waals surface area contributed by atoms with Gasteiger partial charge in [0.1, 0.15) is 12.4 Å². The highest BCUT2D eigenvalue weighted by molar-refractivity contribution is 6.31. The van der Waals surface area contributed by atoms with Crippen molar-refractivity contribution in [1.82, 2.24) is 10.6 Å². The Labute approximate surface area is 153 Å². The van der Waals surface area contributed by atoms with E-state index in [1.54, 1.807) is 19.2 Å². The van der Waals surface area contributed by atoms with Gasteiger partial charge >= 0.3 is 0 Å². The highest BCUT2D eigenvalue weighted by atomic mass is 35.5. The Balaban J connectivity index is 1.88. The largest absolute Gasteiger partial charge is 0.488 e. The summed E-state index contributed by atoms with van der Waals surface area (Å²) in [5, 5.41) is 6.70. The molecule has 0 radical (unpaired) electrons. The van der Waals surface area contributed by atoms with Crippen LogP contribution in [0, 0.1) is 0 Å². The number of halogens is 1. The van der Waals surface area contributed by atoms with Gasteiger partial charge in [0.05, 0.1) is 12.2 Å². The van der Waals surface area contributed by atoms with Crippen LogP contribution >= 0.6 is 11.6 Å². The molecule has 0 fully saturated rings. The third kappa shape index (κ3) is 6.38. The number of carbonyl (C=O) groups is 1. The molecule has 0 saturated carbocycles. The number of para-hydroxylation sites is 1. The summed E-state index contributed by atoms with van der Waals surface area (Å²) in [6, 6.07) is 14.7. The van der Waals surface area contributed by atoms with Crippen LogP contribution in [0.5, 0.6) is 5.75 Å². The second-order valence-corrected chi connectivity index (χ2v) is 5.78. The highest BCUT2D eigenvalue weighted by Gasteiger charge is 2.12. The van der Waals surface area contributed by atoms with Gasteiger partial charge in [-0.05, 0) is 18.2 Å². The number of methoxy groups -OCH3 is 1. The zero-order chi connectivity index (χ0) is 17.9. The Morgan fingerprint density at radius 1 is 1.04 bits per heavy atom. The van der Waals surface area contributed by atoms with Crippen LogP contribution < -0.4 is 15.4 Å². The first-order valence-corrected chi connectivity index (χ1v) is 8.53. The van der Waals surface area contributed by atoms with E-state index in [1.165, 1.54) is 0 Å². The predicted octanol–water partition coefficient (Wildman–Crippen LogP) is 2.88. The van der Waals surface area contributed by atoms with Gasteiger partial charge in [0, 0.05) is 37.3 Å². The first kappa shape index (κ1) is 19.2. The average molecular weight is 363 g/mol. The number of hydrogen-bond acceptors (Lipinski definition) is 4. The fourth-order valence-electron chi connectivity index (χ4n) is 2.21. The monoisotopic (exact) mass is 362 g/mol. The van der Waals surface area contributed by atoms with E-state index in [0.29, 0.717) is 42.6 Å². The summed E-state index contributed by atoms with van der Waals surface area (Å²) in [5.74, 6) is 0.371. The summed E-state index contributed by atoms with van der Waals surface area (Å²) >= 11 is 6.14. The molecule has 0 saturated heterocycles. The van der Waals surface area contributed by atoms with Gasteiger partial charge in [0.25, 0.3) is 5.91 Å². The molecule has 2 aromatic rings. The van der Waals surface area contributed by atoms with Crippen molar-refractivity contribution in [3.63, 3.8) is 0 Å². The smallest absolute Gasteiger partial charge is 0.255 e. The van der Waals surface area contributed by atoms with E-state index in [4.69, 9.17) is 21.1 Å². The van der Waals surface area contributed by atoms with Gasteiger partial charge in [-0.3, -0.25) is 4.79 Å². The third-order valence-electron chi connectivity index (χ3n) is 3.54. The van der Waals surface area contributed by atoms with E-state index in [-0.39, 0.29) is 5.91 Å². The van der Waals surface area contributed by atoms with E-state index in [2.05, 4.69) is 10.6 Å².